The molecule has 1 aromatic carbocycles. The van der Waals surface area contributed by atoms with E-state index in [0.29, 0.717) is 25.1 Å². The summed E-state index contributed by atoms with van der Waals surface area (Å²) < 4.78 is 39.3. The molecule has 2 radical (unpaired) electrons. The van der Waals surface area contributed by atoms with Crippen LogP contribution >= 0.6 is 0 Å². The van der Waals surface area contributed by atoms with E-state index in [1.807, 2.05) is 5.23 Å². The number of rotatable bonds is 6. The number of anilines is 1. The van der Waals surface area contributed by atoms with Crippen LogP contribution in [0.15, 0.2) is 36.5 Å². The largest absolute Gasteiger partial charge is 0.416 e. The molecule has 5 nitrogen and oxygen atoms in total. The third-order valence-electron chi connectivity index (χ3n) is 3.81. The fraction of sp³-hybridized carbons (Fsp3) is 0.250. The van der Waals surface area contributed by atoms with Crippen molar-refractivity contribution >= 4 is 25.9 Å². The summed E-state index contributed by atoms with van der Waals surface area (Å²) in [5.74, 6) is -0.572. The smallest absolute Gasteiger partial charge is 0.405 e. The Morgan fingerprint density at radius 3 is 2.44 bits per heavy atom. The molecule has 0 spiro atoms. The zero-order valence-electron chi connectivity index (χ0n) is 13.4. The van der Waals surface area contributed by atoms with Crippen LogP contribution < -0.4 is 10.1 Å². The van der Waals surface area contributed by atoms with Crippen molar-refractivity contribution in [3.63, 3.8) is 0 Å². The zero-order chi connectivity index (χ0) is 18.6. The number of hydrogen-bond donors (Lipinski definition) is 1. The zero-order valence-corrected chi connectivity index (χ0v) is 13.4. The van der Waals surface area contributed by atoms with Crippen LogP contribution in [0, 0.1) is 0 Å². The van der Waals surface area contributed by atoms with E-state index in [0.717, 1.165) is 12.1 Å². The van der Waals surface area contributed by atoms with Gasteiger partial charge in [0.2, 0.25) is 13.9 Å². The molecule has 0 unspecified atom stereocenters. The van der Waals surface area contributed by atoms with Crippen molar-refractivity contribution in [1.82, 2.24) is 9.79 Å². The first kappa shape index (κ1) is 18.6. The van der Waals surface area contributed by atoms with Crippen LogP contribution in [-0.4, -0.2) is 38.3 Å². The van der Waals surface area contributed by atoms with Gasteiger partial charge < -0.3 is 14.7 Å². The lowest BCUT2D eigenvalue weighted by Gasteiger charge is -2.20. The van der Waals surface area contributed by atoms with E-state index < -0.39 is 17.6 Å². The molecule has 9 heteroatoms. The average Bonchev–Trinajstić information content (AvgIpc) is 3.01. The summed E-state index contributed by atoms with van der Waals surface area (Å²) in [6.45, 7) is 0.786. The lowest BCUT2D eigenvalue weighted by Crippen LogP contribution is -2.24. The predicted molar refractivity (Wildman–Crippen MR) is 87.8 cm³/mol. The molecule has 1 N–H and O–H groups in total. The minimum atomic E-state index is -4.37. The number of nitrogens with one attached hydrogen (secondary N) is 1. The van der Waals surface area contributed by atoms with E-state index in [4.69, 9.17) is 7.98 Å². The number of alkyl halides is 3. The number of benzene rings is 1. The molecule has 0 fully saturated rings. The molecule has 0 aliphatic rings. The Morgan fingerprint density at radius 1 is 1.28 bits per heavy atom. The molecule has 25 heavy (non-hydrogen) atoms. The van der Waals surface area contributed by atoms with Gasteiger partial charge in [0, 0.05) is 32.0 Å². The van der Waals surface area contributed by atoms with Gasteiger partial charge in [0.1, 0.15) is 0 Å². The summed E-state index contributed by atoms with van der Waals surface area (Å²) in [5, 5.41) is 1.96. The molecule has 0 saturated carbocycles. The maximum atomic E-state index is 12.6. The van der Waals surface area contributed by atoms with Crippen LogP contribution in [0.5, 0.6) is 0 Å². The number of amides is 1. The standard InChI is InChI=1S/C16H15BF3N3O2/c1-22(12-4-2-11(3-5-12)16(18,19)20)8-9-23-7-6-13(14(23)10-24)15(25)21-17/h2-7,10H,8-9H2,1H3,(H,21,25). The van der Waals surface area contributed by atoms with Gasteiger partial charge in [0.25, 0.3) is 0 Å². The third kappa shape index (κ3) is 4.23. The summed E-state index contributed by atoms with van der Waals surface area (Å²) in [4.78, 5) is 24.5. The van der Waals surface area contributed by atoms with E-state index in [-0.39, 0.29) is 11.3 Å². The van der Waals surface area contributed by atoms with Crippen LogP contribution in [0.1, 0.15) is 26.4 Å². The fourth-order valence-electron chi connectivity index (χ4n) is 2.37. The molecule has 2 aromatic rings. The van der Waals surface area contributed by atoms with E-state index in [9.17, 15) is 22.8 Å². The number of likely N-dealkylation sites (N-methyl/N-ethyl adjacent to an activating group) is 1. The summed E-state index contributed by atoms with van der Waals surface area (Å²) in [6.07, 6.45) is -2.24. The predicted octanol–water partition coefficient (Wildman–Crippen LogP) is 2.27. The SMILES string of the molecule is [B]NC(=O)c1ccn(CCN(C)c2ccc(C(F)(F)F)cc2)c1C=O. The molecular formula is C16H15BF3N3O2. The fourth-order valence-corrected chi connectivity index (χ4v) is 2.37. The first-order valence-corrected chi connectivity index (χ1v) is 7.31. The van der Waals surface area contributed by atoms with Gasteiger partial charge in [-0.25, -0.2) is 0 Å². The van der Waals surface area contributed by atoms with Crippen molar-refractivity contribution in [2.75, 3.05) is 18.5 Å². The van der Waals surface area contributed by atoms with Crippen molar-refractivity contribution < 1.29 is 22.8 Å². The normalized spacial score (nSPS) is 11.2. The first-order chi connectivity index (χ1) is 11.8. The average molecular weight is 349 g/mol. The van der Waals surface area contributed by atoms with Gasteiger partial charge in [-0.05, 0) is 30.3 Å². The van der Waals surface area contributed by atoms with Crippen LogP contribution in [0.25, 0.3) is 0 Å². The monoisotopic (exact) mass is 349 g/mol. The van der Waals surface area contributed by atoms with Crippen LogP contribution in [0.2, 0.25) is 0 Å². The lowest BCUT2D eigenvalue weighted by molar-refractivity contribution is -0.137. The minimum absolute atomic E-state index is 0.162. The van der Waals surface area contributed by atoms with Crippen molar-refractivity contribution in [2.24, 2.45) is 0 Å². The van der Waals surface area contributed by atoms with Crippen molar-refractivity contribution in [3.8, 4) is 0 Å². The Hall–Kier alpha value is -2.71. The van der Waals surface area contributed by atoms with E-state index in [1.165, 1.54) is 18.2 Å². The van der Waals surface area contributed by atoms with Crippen molar-refractivity contribution in [1.29, 1.82) is 0 Å². The van der Waals surface area contributed by atoms with Gasteiger partial charge in [0.15, 0.2) is 6.29 Å². The van der Waals surface area contributed by atoms with Crippen LogP contribution in [0.3, 0.4) is 0 Å². The van der Waals surface area contributed by atoms with Crippen LogP contribution in [0.4, 0.5) is 18.9 Å². The molecule has 0 aliphatic carbocycles. The van der Waals surface area contributed by atoms with Gasteiger partial charge in [0.05, 0.1) is 16.8 Å². The first-order valence-electron chi connectivity index (χ1n) is 7.31. The second-order valence-corrected chi connectivity index (χ2v) is 5.37. The molecule has 0 saturated heterocycles. The summed E-state index contributed by atoms with van der Waals surface area (Å²) in [6, 6.07) is 6.27. The molecular weight excluding hydrogens is 334 g/mol. The van der Waals surface area contributed by atoms with Crippen LogP contribution in [-0.2, 0) is 12.7 Å². The van der Waals surface area contributed by atoms with E-state index in [1.54, 1.807) is 22.7 Å². The highest BCUT2D eigenvalue weighted by atomic mass is 19.4. The van der Waals surface area contributed by atoms with Gasteiger partial charge in [-0.1, -0.05) is 0 Å². The second-order valence-electron chi connectivity index (χ2n) is 5.37. The maximum absolute atomic E-state index is 12.6. The highest BCUT2D eigenvalue weighted by Gasteiger charge is 2.30. The second kappa shape index (κ2) is 7.46. The minimum Gasteiger partial charge on any atom is -0.405 e. The number of aldehydes is 1. The Bertz CT molecular complexity index is 757. The van der Waals surface area contributed by atoms with Gasteiger partial charge in [-0.3, -0.25) is 9.59 Å². The van der Waals surface area contributed by atoms with Gasteiger partial charge in [-0.15, -0.1) is 0 Å². The maximum Gasteiger partial charge on any atom is 0.416 e. The molecule has 1 amide bonds. The molecule has 1 aromatic heterocycles. The highest BCUT2D eigenvalue weighted by Crippen LogP contribution is 2.30. The Morgan fingerprint density at radius 2 is 1.92 bits per heavy atom. The Labute approximate surface area is 143 Å². The lowest BCUT2D eigenvalue weighted by atomic mass is 10.2. The number of carbonyl (C=O) groups is 2. The summed E-state index contributed by atoms with van der Waals surface area (Å²) >= 11 is 0. The van der Waals surface area contributed by atoms with Gasteiger partial charge in [-0.2, -0.15) is 13.2 Å². The Kier molecular flexibility index (Phi) is 5.56. The van der Waals surface area contributed by atoms with Crippen molar-refractivity contribution in [2.45, 2.75) is 12.7 Å². The van der Waals surface area contributed by atoms with Crippen molar-refractivity contribution in [3.05, 3.63) is 53.3 Å². The molecule has 0 bridgehead atoms. The van der Waals surface area contributed by atoms with E-state index >= 15 is 0 Å². The number of nitrogens with zero attached hydrogens (tertiary/aromatic N) is 2. The van der Waals surface area contributed by atoms with E-state index in [2.05, 4.69) is 0 Å². The summed E-state index contributed by atoms with van der Waals surface area (Å²) in [5.41, 5.74) is 0.238. The number of aromatic nitrogens is 1. The molecule has 130 valence electrons. The third-order valence-corrected chi connectivity index (χ3v) is 3.81. The quantitative estimate of drug-likeness (QED) is 0.643. The van der Waals surface area contributed by atoms with Gasteiger partial charge >= 0.3 is 6.18 Å². The number of halogens is 3. The number of hydrogen-bond acceptors (Lipinski definition) is 3. The highest BCUT2D eigenvalue weighted by molar-refractivity contribution is 6.19. The summed E-state index contributed by atoms with van der Waals surface area (Å²) in [7, 11) is 6.79. The molecule has 2 rings (SSSR count). The molecule has 0 aliphatic heterocycles. The topological polar surface area (TPSA) is 54.3 Å². The molecule has 0 atom stereocenters. The number of carbonyl (C=O) groups excluding carboxylic acids is 2. The Balaban J connectivity index is 2.07. The molecule has 1 heterocycles.